The summed E-state index contributed by atoms with van der Waals surface area (Å²) in [5.41, 5.74) is 1.15. The van der Waals surface area contributed by atoms with Gasteiger partial charge in [-0.1, -0.05) is 51.5 Å². The van der Waals surface area contributed by atoms with Gasteiger partial charge in [0.25, 0.3) is 11.8 Å². The van der Waals surface area contributed by atoms with E-state index in [2.05, 4.69) is 36.8 Å². The van der Waals surface area contributed by atoms with Crippen molar-refractivity contribution < 1.29 is 9.59 Å². The summed E-state index contributed by atoms with van der Waals surface area (Å²) in [6, 6.07) is 16.1. The van der Waals surface area contributed by atoms with Crippen LogP contribution in [0.1, 0.15) is 25.7 Å². The van der Waals surface area contributed by atoms with E-state index in [1.165, 1.54) is 11.3 Å². The third-order valence-electron chi connectivity index (χ3n) is 3.43. The predicted molar refractivity (Wildman–Crippen MR) is 104 cm³/mol. The van der Waals surface area contributed by atoms with Gasteiger partial charge in [-0.3, -0.25) is 14.9 Å². The van der Waals surface area contributed by atoms with Crippen molar-refractivity contribution in [2.45, 2.75) is 6.42 Å². The minimum absolute atomic E-state index is 0.145. The number of rotatable bonds is 6. The molecule has 3 aromatic rings. The average Bonchev–Trinajstić information content (AvgIpc) is 3.09. The molecule has 0 atom stereocenters. The Bertz CT molecular complexity index is 914. The minimum Gasteiger partial charge on any atom is -0.352 e. The van der Waals surface area contributed by atoms with Crippen LogP contribution in [0.5, 0.6) is 0 Å². The number of nitrogens with zero attached hydrogens (tertiary/aromatic N) is 2. The molecule has 26 heavy (non-hydrogen) atoms. The number of amides is 2. The van der Waals surface area contributed by atoms with Crippen molar-refractivity contribution in [1.82, 2.24) is 15.5 Å². The van der Waals surface area contributed by atoms with E-state index in [1.54, 1.807) is 36.4 Å². The molecule has 0 unspecified atom stereocenters. The molecule has 2 amide bonds. The Kier molecular flexibility index (Phi) is 6.08. The van der Waals surface area contributed by atoms with Crippen LogP contribution in [0.4, 0.5) is 5.13 Å². The van der Waals surface area contributed by atoms with Crippen molar-refractivity contribution in [2.75, 3.05) is 11.9 Å². The number of aromatic nitrogens is 2. The third kappa shape index (κ3) is 4.96. The zero-order valence-corrected chi connectivity index (χ0v) is 16.0. The minimum atomic E-state index is -0.226. The van der Waals surface area contributed by atoms with Crippen LogP contribution in [0.2, 0.25) is 0 Å². The number of halogens is 1. The van der Waals surface area contributed by atoms with Gasteiger partial charge in [-0.25, -0.2) is 0 Å². The Morgan fingerprint density at radius 3 is 2.50 bits per heavy atom. The maximum Gasteiger partial charge on any atom is 0.257 e. The van der Waals surface area contributed by atoms with Crippen LogP contribution in [-0.2, 0) is 6.42 Å². The average molecular weight is 431 g/mol. The molecule has 0 saturated heterocycles. The zero-order valence-electron chi connectivity index (χ0n) is 13.6. The Morgan fingerprint density at radius 1 is 0.962 bits per heavy atom. The third-order valence-corrected chi connectivity index (χ3v) is 4.83. The van der Waals surface area contributed by atoms with E-state index in [1.807, 2.05) is 18.2 Å². The smallest absolute Gasteiger partial charge is 0.257 e. The highest BCUT2D eigenvalue weighted by atomic mass is 79.9. The number of carbonyl (C=O) groups is 2. The summed E-state index contributed by atoms with van der Waals surface area (Å²) in [4.78, 5) is 24.2. The molecule has 1 heterocycles. The highest BCUT2D eigenvalue weighted by molar-refractivity contribution is 9.10. The lowest BCUT2D eigenvalue weighted by molar-refractivity contribution is 0.0953. The van der Waals surface area contributed by atoms with Gasteiger partial charge in [0.1, 0.15) is 5.01 Å². The van der Waals surface area contributed by atoms with Crippen molar-refractivity contribution in [2.24, 2.45) is 0 Å². The number of anilines is 1. The van der Waals surface area contributed by atoms with E-state index in [9.17, 15) is 9.59 Å². The number of hydrogen-bond acceptors (Lipinski definition) is 5. The van der Waals surface area contributed by atoms with E-state index in [-0.39, 0.29) is 11.8 Å². The van der Waals surface area contributed by atoms with E-state index in [0.29, 0.717) is 29.2 Å². The molecule has 0 aliphatic carbocycles. The van der Waals surface area contributed by atoms with Crippen LogP contribution in [0.3, 0.4) is 0 Å². The molecule has 3 rings (SSSR count). The summed E-state index contributed by atoms with van der Waals surface area (Å²) in [7, 11) is 0. The molecule has 132 valence electrons. The topological polar surface area (TPSA) is 84.0 Å². The number of hydrogen-bond donors (Lipinski definition) is 2. The molecule has 8 heteroatoms. The molecule has 0 aliphatic heterocycles. The molecular weight excluding hydrogens is 416 g/mol. The molecule has 2 N–H and O–H groups in total. The van der Waals surface area contributed by atoms with Crippen molar-refractivity contribution in [1.29, 1.82) is 0 Å². The van der Waals surface area contributed by atoms with Crippen LogP contribution in [0, 0.1) is 0 Å². The first-order valence-corrected chi connectivity index (χ1v) is 9.45. The summed E-state index contributed by atoms with van der Waals surface area (Å²) >= 11 is 4.64. The first-order chi connectivity index (χ1) is 12.6. The second-order valence-corrected chi connectivity index (χ2v) is 7.32. The lowest BCUT2D eigenvalue weighted by atomic mass is 10.2. The first kappa shape index (κ1) is 18.2. The van der Waals surface area contributed by atoms with Crippen LogP contribution in [0.25, 0.3) is 0 Å². The molecular formula is C18H15BrN4O2S. The lowest BCUT2D eigenvalue weighted by Gasteiger charge is -2.04. The SMILES string of the molecule is O=C(NCCc1nnc(NC(=O)c2ccccc2)s1)c1cccc(Br)c1. The van der Waals surface area contributed by atoms with Gasteiger partial charge in [-0.15, -0.1) is 10.2 Å². The van der Waals surface area contributed by atoms with Crippen molar-refractivity contribution in [3.8, 4) is 0 Å². The fraction of sp³-hybridized carbons (Fsp3) is 0.111. The highest BCUT2D eigenvalue weighted by Crippen LogP contribution is 2.16. The zero-order chi connectivity index (χ0) is 18.4. The maximum atomic E-state index is 12.1. The highest BCUT2D eigenvalue weighted by Gasteiger charge is 2.10. The van der Waals surface area contributed by atoms with Crippen molar-refractivity contribution >= 4 is 44.2 Å². The Balaban J connectivity index is 1.49. The van der Waals surface area contributed by atoms with Crippen LogP contribution < -0.4 is 10.6 Å². The van der Waals surface area contributed by atoms with Gasteiger partial charge in [0.05, 0.1) is 0 Å². The van der Waals surface area contributed by atoms with Crippen LogP contribution in [0.15, 0.2) is 59.1 Å². The Labute approximate surface area is 162 Å². The lowest BCUT2D eigenvalue weighted by Crippen LogP contribution is -2.25. The Hall–Kier alpha value is -2.58. The quantitative estimate of drug-likeness (QED) is 0.626. The summed E-state index contributed by atoms with van der Waals surface area (Å²) in [6.07, 6.45) is 0.540. The molecule has 0 saturated carbocycles. The predicted octanol–water partition coefficient (Wildman–Crippen LogP) is 3.53. The van der Waals surface area contributed by atoms with Crippen LogP contribution >= 0.6 is 27.3 Å². The van der Waals surface area contributed by atoms with Gasteiger partial charge >= 0.3 is 0 Å². The second-order valence-electron chi connectivity index (χ2n) is 5.34. The largest absolute Gasteiger partial charge is 0.352 e. The number of carbonyl (C=O) groups excluding carboxylic acids is 2. The molecule has 0 fully saturated rings. The van der Waals surface area contributed by atoms with Crippen molar-refractivity contribution in [3.05, 3.63) is 75.2 Å². The summed E-state index contributed by atoms with van der Waals surface area (Å²) in [5, 5.41) is 14.8. The first-order valence-electron chi connectivity index (χ1n) is 7.84. The summed E-state index contributed by atoms with van der Waals surface area (Å²) < 4.78 is 0.855. The van der Waals surface area contributed by atoms with Gasteiger partial charge in [0, 0.05) is 28.6 Å². The molecule has 0 aliphatic rings. The molecule has 0 spiro atoms. The standard InChI is InChI=1S/C18H15BrN4O2S/c19-14-8-4-7-13(11-14)16(24)20-10-9-15-22-23-18(26-15)21-17(25)12-5-2-1-3-6-12/h1-8,11H,9-10H2,(H,20,24)(H,21,23,25). The normalized spacial score (nSPS) is 10.3. The number of nitrogens with one attached hydrogen (secondary N) is 2. The maximum absolute atomic E-state index is 12.1. The number of benzene rings is 2. The van der Waals surface area contributed by atoms with E-state index in [4.69, 9.17) is 0 Å². The van der Waals surface area contributed by atoms with Gasteiger partial charge in [-0.2, -0.15) is 0 Å². The fourth-order valence-corrected chi connectivity index (χ4v) is 3.31. The van der Waals surface area contributed by atoms with E-state index in [0.717, 1.165) is 9.48 Å². The van der Waals surface area contributed by atoms with Gasteiger partial charge in [0.2, 0.25) is 5.13 Å². The molecule has 2 aromatic carbocycles. The summed E-state index contributed by atoms with van der Waals surface area (Å²) in [5.74, 6) is -0.371. The fourth-order valence-electron chi connectivity index (χ4n) is 2.18. The van der Waals surface area contributed by atoms with Gasteiger partial charge in [0.15, 0.2) is 0 Å². The molecule has 0 radical (unpaired) electrons. The molecule has 1 aromatic heterocycles. The van der Waals surface area contributed by atoms with E-state index >= 15 is 0 Å². The summed E-state index contributed by atoms with van der Waals surface area (Å²) in [6.45, 7) is 0.437. The molecule has 6 nitrogen and oxygen atoms in total. The van der Waals surface area contributed by atoms with Gasteiger partial charge < -0.3 is 5.32 Å². The second kappa shape index (κ2) is 8.68. The van der Waals surface area contributed by atoms with Gasteiger partial charge in [-0.05, 0) is 30.3 Å². The molecule has 0 bridgehead atoms. The van der Waals surface area contributed by atoms with E-state index < -0.39 is 0 Å². The Morgan fingerprint density at radius 2 is 1.73 bits per heavy atom. The van der Waals surface area contributed by atoms with Crippen molar-refractivity contribution in [3.63, 3.8) is 0 Å². The monoisotopic (exact) mass is 430 g/mol. The van der Waals surface area contributed by atoms with Crippen LogP contribution in [-0.4, -0.2) is 28.6 Å².